The van der Waals surface area contributed by atoms with Crippen LogP contribution in [0, 0.1) is 6.92 Å². The minimum atomic E-state index is 1.11. The largest absolute Gasteiger partial charge is 0.258 e. The van der Waals surface area contributed by atoms with Gasteiger partial charge in [0.25, 0.3) is 0 Å². The summed E-state index contributed by atoms with van der Waals surface area (Å²) in [5.74, 6) is 0. The van der Waals surface area contributed by atoms with Gasteiger partial charge >= 0.3 is 0 Å². The van der Waals surface area contributed by atoms with Crippen molar-refractivity contribution in [3.8, 4) is 0 Å². The van der Waals surface area contributed by atoms with E-state index in [1.165, 1.54) is 23.3 Å². The van der Waals surface area contributed by atoms with E-state index in [1.54, 1.807) is 0 Å². The molecule has 0 atom stereocenters. The molecule has 0 fully saturated rings. The number of fused-ring (bicyclic) bond motifs is 1. The second-order valence-electron chi connectivity index (χ2n) is 3.48. The number of allylic oxidation sites excluding steroid dienone is 1. The van der Waals surface area contributed by atoms with E-state index < -0.39 is 0 Å². The molecule has 0 bridgehead atoms. The first kappa shape index (κ1) is 7.53. The Bertz CT molecular complexity index is 337. The molecule has 0 N–H and O–H groups in total. The third-order valence-electron chi connectivity index (χ3n) is 2.31. The minimum Gasteiger partial charge on any atom is -0.258 e. The van der Waals surface area contributed by atoms with E-state index in [0.717, 1.165) is 12.1 Å². The van der Waals surface area contributed by atoms with Crippen LogP contribution in [0.1, 0.15) is 30.3 Å². The first-order valence-corrected chi connectivity index (χ1v) is 4.39. The molecule has 1 heteroatoms. The molecule has 1 nitrogen and oxygen atoms in total. The quantitative estimate of drug-likeness (QED) is 0.567. The fourth-order valence-electron chi connectivity index (χ4n) is 1.61. The second-order valence-corrected chi connectivity index (χ2v) is 3.48. The van der Waals surface area contributed by atoms with Crippen LogP contribution in [0.4, 0.5) is 0 Å². The first-order chi connectivity index (χ1) is 5.75. The topological polar surface area (TPSA) is 12.9 Å². The Labute approximate surface area is 73.1 Å². The summed E-state index contributed by atoms with van der Waals surface area (Å²) in [6.45, 7) is 4.23. The predicted molar refractivity (Wildman–Crippen MR) is 50.9 cm³/mol. The number of rotatable bonds is 0. The van der Waals surface area contributed by atoms with Gasteiger partial charge in [0.1, 0.15) is 0 Å². The molecule has 0 radical (unpaired) electrons. The van der Waals surface area contributed by atoms with Crippen molar-refractivity contribution in [3.05, 3.63) is 34.7 Å². The molecule has 1 aromatic heterocycles. The van der Waals surface area contributed by atoms with Crippen LogP contribution in [0.25, 0.3) is 6.08 Å². The molecular formula is C11H13N. The van der Waals surface area contributed by atoms with Crippen molar-refractivity contribution in [2.75, 3.05) is 0 Å². The van der Waals surface area contributed by atoms with Gasteiger partial charge in [0, 0.05) is 11.4 Å². The zero-order valence-corrected chi connectivity index (χ0v) is 7.59. The van der Waals surface area contributed by atoms with Crippen LogP contribution < -0.4 is 0 Å². The maximum atomic E-state index is 4.50. The molecule has 62 valence electrons. The van der Waals surface area contributed by atoms with Crippen LogP contribution >= 0.6 is 0 Å². The highest BCUT2D eigenvalue weighted by molar-refractivity contribution is 5.57. The summed E-state index contributed by atoms with van der Waals surface area (Å²) in [6, 6.07) is 4.24. The zero-order valence-electron chi connectivity index (χ0n) is 7.59. The molecular weight excluding hydrogens is 146 g/mol. The molecule has 1 aliphatic rings. The highest BCUT2D eigenvalue weighted by Gasteiger charge is 2.08. The Morgan fingerprint density at radius 2 is 2.00 bits per heavy atom. The van der Waals surface area contributed by atoms with Crippen molar-refractivity contribution in [1.82, 2.24) is 4.98 Å². The van der Waals surface area contributed by atoms with Crippen LogP contribution in [-0.4, -0.2) is 4.98 Å². The van der Waals surface area contributed by atoms with Crippen molar-refractivity contribution < 1.29 is 0 Å². The third kappa shape index (κ3) is 1.27. The van der Waals surface area contributed by atoms with Crippen LogP contribution in [-0.2, 0) is 6.42 Å². The summed E-state index contributed by atoms with van der Waals surface area (Å²) in [5, 5.41) is 0. The second kappa shape index (κ2) is 2.74. The van der Waals surface area contributed by atoms with E-state index in [1.807, 2.05) is 6.92 Å². The number of hydrogen-bond donors (Lipinski definition) is 0. The van der Waals surface area contributed by atoms with E-state index in [0.29, 0.717) is 0 Å². The number of aryl methyl sites for hydroxylation is 2. The molecule has 1 aromatic rings. The third-order valence-corrected chi connectivity index (χ3v) is 2.31. The van der Waals surface area contributed by atoms with Gasteiger partial charge in [0.05, 0.1) is 0 Å². The molecule has 0 saturated heterocycles. The van der Waals surface area contributed by atoms with Gasteiger partial charge in [-0.25, -0.2) is 0 Å². The van der Waals surface area contributed by atoms with Gasteiger partial charge in [-0.3, -0.25) is 4.98 Å². The molecule has 2 rings (SSSR count). The van der Waals surface area contributed by atoms with E-state index in [9.17, 15) is 0 Å². The lowest BCUT2D eigenvalue weighted by Crippen LogP contribution is -2.01. The van der Waals surface area contributed by atoms with Gasteiger partial charge in [-0.15, -0.1) is 0 Å². The Morgan fingerprint density at radius 1 is 1.17 bits per heavy atom. The van der Waals surface area contributed by atoms with E-state index in [2.05, 4.69) is 30.1 Å². The smallest absolute Gasteiger partial charge is 0.0482 e. The molecule has 0 aliphatic heterocycles. The molecule has 1 aliphatic carbocycles. The summed E-state index contributed by atoms with van der Waals surface area (Å²) in [7, 11) is 0. The van der Waals surface area contributed by atoms with Crippen LogP contribution in [0.2, 0.25) is 0 Å². The van der Waals surface area contributed by atoms with E-state index in [-0.39, 0.29) is 0 Å². The van der Waals surface area contributed by atoms with Crippen molar-refractivity contribution in [2.24, 2.45) is 0 Å². The number of pyridine rings is 1. The maximum Gasteiger partial charge on any atom is 0.0482 e. The monoisotopic (exact) mass is 159 g/mol. The lowest BCUT2D eigenvalue weighted by atomic mass is 9.97. The molecule has 0 aromatic carbocycles. The average molecular weight is 159 g/mol. The lowest BCUT2D eigenvalue weighted by molar-refractivity contribution is 0.874. The number of aromatic nitrogens is 1. The number of hydrogen-bond acceptors (Lipinski definition) is 1. The van der Waals surface area contributed by atoms with Gasteiger partial charge in [0.15, 0.2) is 0 Å². The predicted octanol–water partition coefficient (Wildman–Crippen LogP) is 2.74. The molecule has 1 heterocycles. The van der Waals surface area contributed by atoms with E-state index >= 15 is 0 Å². The average Bonchev–Trinajstić information content (AvgIpc) is 2.05. The summed E-state index contributed by atoms with van der Waals surface area (Å²) in [5.41, 5.74) is 5.17. The summed E-state index contributed by atoms with van der Waals surface area (Å²) in [6.07, 6.45) is 4.52. The van der Waals surface area contributed by atoms with Crippen LogP contribution in [0.3, 0.4) is 0 Å². The maximum absolute atomic E-state index is 4.50. The Hall–Kier alpha value is -1.11. The van der Waals surface area contributed by atoms with Crippen molar-refractivity contribution in [2.45, 2.75) is 26.7 Å². The fourth-order valence-corrected chi connectivity index (χ4v) is 1.61. The normalized spacial score (nSPS) is 15.3. The van der Waals surface area contributed by atoms with E-state index in [4.69, 9.17) is 0 Å². The number of nitrogens with zero attached hydrogens (tertiary/aromatic N) is 1. The van der Waals surface area contributed by atoms with Gasteiger partial charge < -0.3 is 0 Å². The molecule has 0 amide bonds. The summed E-state index contributed by atoms with van der Waals surface area (Å²) < 4.78 is 0. The van der Waals surface area contributed by atoms with Gasteiger partial charge in [-0.05, 0) is 38.3 Å². The highest BCUT2D eigenvalue weighted by Crippen LogP contribution is 2.21. The lowest BCUT2D eigenvalue weighted by Gasteiger charge is -2.12. The SMILES string of the molecule is CC1=Cc2ccc(C)nc2CC1. The Morgan fingerprint density at radius 3 is 2.83 bits per heavy atom. The molecule has 0 unspecified atom stereocenters. The van der Waals surface area contributed by atoms with Crippen molar-refractivity contribution in [1.29, 1.82) is 0 Å². The van der Waals surface area contributed by atoms with Crippen molar-refractivity contribution >= 4 is 6.08 Å². The zero-order chi connectivity index (χ0) is 8.55. The molecule has 12 heavy (non-hydrogen) atoms. The van der Waals surface area contributed by atoms with Gasteiger partial charge in [-0.1, -0.05) is 17.7 Å². The fraction of sp³-hybridized carbons (Fsp3) is 0.364. The highest BCUT2D eigenvalue weighted by atomic mass is 14.7. The van der Waals surface area contributed by atoms with Gasteiger partial charge in [-0.2, -0.15) is 0 Å². The summed E-state index contributed by atoms with van der Waals surface area (Å²) >= 11 is 0. The minimum absolute atomic E-state index is 1.11. The van der Waals surface area contributed by atoms with Crippen molar-refractivity contribution in [3.63, 3.8) is 0 Å². The van der Waals surface area contributed by atoms with Gasteiger partial charge in [0.2, 0.25) is 0 Å². The Balaban J connectivity index is 2.51. The molecule has 0 saturated carbocycles. The summed E-state index contributed by atoms with van der Waals surface area (Å²) in [4.78, 5) is 4.50. The first-order valence-electron chi connectivity index (χ1n) is 4.39. The standard InChI is InChI=1S/C11H13N/c1-8-3-6-11-10(7-8)5-4-9(2)12-11/h4-5,7H,3,6H2,1-2H3. The van der Waals surface area contributed by atoms with Crippen LogP contribution in [0.5, 0.6) is 0 Å². The van der Waals surface area contributed by atoms with Crippen LogP contribution in [0.15, 0.2) is 17.7 Å². The Kier molecular flexibility index (Phi) is 1.72. The molecule has 0 spiro atoms.